The van der Waals surface area contributed by atoms with Gasteiger partial charge in [-0.1, -0.05) is 0 Å². The van der Waals surface area contributed by atoms with E-state index in [1.807, 2.05) is 25.3 Å². The fraction of sp³-hybridized carbons (Fsp3) is 0.515. The molecule has 1 saturated carbocycles. The van der Waals surface area contributed by atoms with Crippen LogP contribution in [-0.2, 0) is 28.9 Å². The van der Waals surface area contributed by atoms with Crippen LogP contribution in [0.15, 0.2) is 35.8 Å². The van der Waals surface area contributed by atoms with Crippen LogP contribution in [0.25, 0.3) is 10.6 Å². The number of alkyl halides is 4. The highest BCUT2D eigenvalue weighted by molar-refractivity contribution is 7.13. The normalized spacial score (nSPS) is 21.8. The minimum Gasteiger partial charge on any atom is -0.481 e. The molecule has 3 heterocycles. The third-order valence-corrected chi connectivity index (χ3v) is 10.1. The number of carboxylic acid groups (broad SMARTS) is 1. The van der Waals surface area contributed by atoms with E-state index in [0.29, 0.717) is 36.2 Å². The number of carboxylic acids is 1. The van der Waals surface area contributed by atoms with Crippen molar-refractivity contribution in [3.63, 3.8) is 0 Å². The second-order valence-corrected chi connectivity index (χ2v) is 13.2. The van der Waals surface area contributed by atoms with Crippen LogP contribution in [0.4, 0.5) is 28.2 Å². The Hall–Kier alpha value is -3.74. The van der Waals surface area contributed by atoms with Gasteiger partial charge in [-0.3, -0.25) is 9.69 Å². The summed E-state index contributed by atoms with van der Waals surface area (Å²) in [7, 11) is 0. The molecule has 2 aromatic heterocycles. The average Bonchev–Trinajstić information content (AvgIpc) is 3.57. The quantitative estimate of drug-likeness (QED) is 0.207. The number of carbonyl (C=O) groups excluding carboxylic acids is 1. The predicted octanol–water partition coefficient (Wildman–Crippen LogP) is 8.19. The topological polar surface area (TPSA) is 95.9 Å². The van der Waals surface area contributed by atoms with Crippen molar-refractivity contribution in [3.05, 3.63) is 63.8 Å². The fourth-order valence-corrected chi connectivity index (χ4v) is 7.40. The first-order valence-corrected chi connectivity index (χ1v) is 16.4. The van der Waals surface area contributed by atoms with E-state index in [9.17, 15) is 32.3 Å². The molecule has 2 aliphatic rings. The number of hydrogen-bond acceptors (Lipinski definition) is 7. The molecule has 1 aliphatic heterocycles. The number of cyclic esters (lactones) is 1. The molecule has 2 atom stereocenters. The number of rotatable bonds is 11. The Labute approximate surface area is 269 Å². The predicted molar refractivity (Wildman–Crippen MR) is 166 cm³/mol. The van der Waals surface area contributed by atoms with E-state index in [4.69, 9.17) is 14.7 Å². The molecule has 1 saturated heterocycles. The van der Waals surface area contributed by atoms with E-state index in [1.165, 1.54) is 22.3 Å². The molecule has 0 spiro atoms. The first-order chi connectivity index (χ1) is 21.9. The molecule has 3 aromatic rings. The van der Waals surface area contributed by atoms with E-state index in [2.05, 4.69) is 4.90 Å². The Kier molecular flexibility index (Phi) is 10.2. The van der Waals surface area contributed by atoms with E-state index in [1.54, 1.807) is 13.1 Å². The summed E-state index contributed by atoms with van der Waals surface area (Å²) in [5.41, 5.74) is 1.15. The lowest BCUT2D eigenvalue weighted by molar-refractivity contribution is -0.139. The zero-order valence-corrected chi connectivity index (χ0v) is 26.8. The van der Waals surface area contributed by atoms with Crippen molar-refractivity contribution in [2.45, 2.75) is 84.4 Å². The van der Waals surface area contributed by atoms with Crippen LogP contribution in [0.1, 0.15) is 80.0 Å². The summed E-state index contributed by atoms with van der Waals surface area (Å²) in [4.78, 5) is 38.8. The van der Waals surface area contributed by atoms with Crippen molar-refractivity contribution in [2.24, 2.45) is 11.8 Å². The van der Waals surface area contributed by atoms with Crippen molar-refractivity contribution >= 4 is 29.2 Å². The first-order valence-electron chi connectivity index (χ1n) is 15.5. The molecule has 0 radical (unpaired) electrons. The number of amides is 1. The van der Waals surface area contributed by atoms with Crippen molar-refractivity contribution in [2.75, 3.05) is 18.0 Å². The van der Waals surface area contributed by atoms with Crippen LogP contribution in [0, 0.1) is 18.8 Å². The van der Waals surface area contributed by atoms with Gasteiger partial charge in [0, 0.05) is 19.5 Å². The lowest BCUT2D eigenvalue weighted by Gasteiger charge is -2.33. The number of aliphatic carboxylic acids is 1. The van der Waals surface area contributed by atoms with E-state index < -0.39 is 42.6 Å². The summed E-state index contributed by atoms with van der Waals surface area (Å²) in [6.07, 6.45) is -1.02. The van der Waals surface area contributed by atoms with Crippen molar-refractivity contribution < 1.29 is 37.0 Å². The van der Waals surface area contributed by atoms with Crippen LogP contribution >= 0.6 is 11.3 Å². The smallest absolute Gasteiger partial charge is 0.416 e. The van der Waals surface area contributed by atoms with Crippen molar-refractivity contribution in [1.29, 1.82) is 0 Å². The van der Waals surface area contributed by atoms with Crippen LogP contribution in [0.2, 0.25) is 0 Å². The number of hydrogen-bond donors (Lipinski definition) is 1. The molecule has 2 fully saturated rings. The Morgan fingerprint density at radius 3 is 2.50 bits per heavy atom. The van der Waals surface area contributed by atoms with E-state index >= 15 is 0 Å². The number of benzene rings is 1. The number of anilines is 1. The zero-order chi connectivity index (χ0) is 33.2. The highest BCUT2D eigenvalue weighted by Crippen LogP contribution is 2.39. The van der Waals surface area contributed by atoms with Crippen LogP contribution in [-0.4, -0.2) is 51.2 Å². The molecule has 248 valence electrons. The Balaban J connectivity index is 1.43. The van der Waals surface area contributed by atoms with Crippen LogP contribution < -0.4 is 4.90 Å². The van der Waals surface area contributed by atoms with Gasteiger partial charge in [-0.2, -0.15) is 13.2 Å². The number of thiophene rings is 1. The Morgan fingerprint density at radius 1 is 1.17 bits per heavy atom. The number of aromatic nitrogens is 2. The largest absolute Gasteiger partial charge is 0.481 e. The van der Waals surface area contributed by atoms with Gasteiger partial charge in [0.05, 0.1) is 34.9 Å². The lowest BCUT2D eigenvalue weighted by atomic mass is 9.80. The third-order valence-electron chi connectivity index (χ3n) is 9.04. The number of nitrogens with zero attached hydrogens (tertiary/aromatic N) is 4. The number of ether oxygens (including phenoxy) is 1. The molecule has 1 amide bonds. The maximum atomic E-state index is 13.6. The minimum atomic E-state index is -4.69. The lowest BCUT2D eigenvalue weighted by Crippen LogP contribution is -2.36. The van der Waals surface area contributed by atoms with Crippen LogP contribution in [0.5, 0.6) is 0 Å². The first kappa shape index (κ1) is 33.6. The Bertz CT molecular complexity index is 1560. The van der Waals surface area contributed by atoms with Gasteiger partial charge in [0.25, 0.3) is 0 Å². The van der Waals surface area contributed by atoms with Gasteiger partial charge in [0.15, 0.2) is 5.82 Å². The summed E-state index contributed by atoms with van der Waals surface area (Å²) in [5.74, 6) is 0.355. The molecule has 5 rings (SSSR count). The second-order valence-electron chi connectivity index (χ2n) is 12.2. The molecule has 1 N–H and O–H groups in total. The molecule has 46 heavy (non-hydrogen) atoms. The zero-order valence-electron chi connectivity index (χ0n) is 26.0. The maximum absolute atomic E-state index is 13.6. The SMILES string of the molecule is CCN(C[C@H]1CC[C@H](CC(=O)O)CC1)c1ncc(-c2sccc2C)nc1CN1C(=O)OC(c2cc(CF)cc(C(F)(F)F)c2)[C@@H]1C. The van der Waals surface area contributed by atoms with Gasteiger partial charge in [-0.05, 0) is 105 Å². The second kappa shape index (κ2) is 13.9. The fourth-order valence-electron chi connectivity index (χ4n) is 6.52. The third kappa shape index (κ3) is 7.45. The highest BCUT2D eigenvalue weighted by atomic mass is 32.1. The van der Waals surface area contributed by atoms with Crippen molar-refractivity contribution in [1.82, 2.24) is 14.9 Å². The molecule has 1 aromatic carbocycles. The van der Waals surface area contributed by atoms with Gasteiger partial charge >= 0.3 is 18.2 Å². The maximum Gasteiger partial charge on any atom is 0.416 e. The van der Waals surface area contributed by atoms with Crippen LogP contribution in [0.3, 0.4) is 0 Å². The van der Waals surface area contributed by atoms with E-state index in [-0.39, 0.29) is 30.0 Å². The summed E-state index contributed by atoms with van der Waals surface area (Å²) in [6, 6.07) is 4.29. The number of halogens is 4. The van der Waals surface area contributed by atoms with Gasteiger partial charge in [0.1, 0.15) is 18.5 Å². The average molecular weight is 663 g/mol. The molecule has 13 heteroatoms. The van der Waals surface area contributed by atoms with E-state index in [0.717, 1.165) is 48.3 Å². The number of carbonyl (C=O) groups is 2. The summed E-state index contributed by atoms with van der Waals surface area (Å²) >= 11 is 1.53. The standard InChI is InChI=1S/C33H38F4N4O4S/c1-4-40(17-22-7-5-21(6-8-22)13-28(42)43)31-27(39-26(16-38-31)30-19(2)9-10-46-30)18-41-20(3)29(45-32(41)44)24-11-23(15-34)12-25(14-24)33(35,36)37/h9-12,14,16,20-22,29H,4-8,13,15,17-18H2,1-3H3,(H,42,43)/t20-,21-,22-,29?/m0/s1. The Morgan fingerprint density at radius 2 is 1.89 bits per heavy atom. The summed E-state index contributed by atoms with van der Waals surface area (Å²) in [6.45, 7) is 5.91. The van der Waals surface area contributed by atoms with Gasteiger partial charge < -0.3 is 14.7 Å². The summed E-state index contributed by atoms with van der Waals surface area (Å²) in [5, 5.41) is 11.1. The van der Waals surface area contributed by atoms with Crippen molar-refractivity contribution in [3.8, 4) is 10.6 Å². The van der Waals surface area contributed by atoms with Gasteiger partial charge in [-0.25, -0.2) is 19.2 Å². The minimum absolute atomic E-state index is 0.00782. The highest BCUT2D eigenvalue weighted by Gasteiger charge is 2.42. The molecule has 0 bridgehead atoms. The number of aryl methyl sites for hydroxylation is 1. The monoisotopic (exact) mass is 662 g/mol. The molecule has 1 unspecified atom stereocenters. The van der Waals surface area contributed by atoms with Gasteiger partial charge in [-0.15, -0.1) is 11.3 Å². The van der Waals surface area contributed by atoms with Gasteiger partial charge in [0.2, 0.25) is 0 Å². The summed E-state index contributed by atoms with van der Waals surface area (Å²) < 4.78 is 60.0. The molecule has 1 aliphatic carbocycles. The molecular formula is C33H38F4N4O4S. The molecule has 8 nitrogen and oxygen atoms in total. The molecular weight excluding hydrogens is 624 g/mol.